The van der Waals surface area contributed by atoms with Gasteiger partial charge in [-0.3, -0.25) is 0 Å². The molecule has 2 atom stereocenters. The van der Waals surface area contributed by atoms with Crippen molar-refractivity contribution in [1.82, 2.24) is 0 Å². The number of aliphatic hydroxyl groups is 1. The lowest BCUT2D eigenvalue weighted by atomic mass is 9.67. The maximum absolute atomic E-state index is 11.0. The molecule has 0 amide bonds. The smallest absolute Gasteiger partial charge is 0.0697 e. The summed E-state index contributed by atoms with van der Waals surface area (Å²) < 4.78 is 6.14. The van der Waals surface area contributed by atoms with Crippen molar-refractivity contribution in [2.75, 3.05) is 6.61 Å². The maximum Gasteiger partial charge on any atom is 0.0697 e. The summed E-state index contributed by atoms with van der Waals surface area (Å²) in [6.45, 7) is 7.29. The van der Waals surface area contributed by atoms with Crippen LogP contribution >= 0.6 is 0 Å². The van der Waals surface area contributed by atoms with Gasteiger partial charge in [0.15, 0.2) is 0 Å². The van der Waals surface area contributed by atoms with E-state index in [0.717, 1.165) is 25.9 Å². The average molecular weight is 254 g/mol. The van der Waals surface area contributed by atoms with E-state index < -0.39 is 5.60 Å². The first-order valence-electron chi connectivity index (χ1n) is 7.89. The van der Waals surface area contributed by atoms with Crippen molar-refractivity contribution < 1.29 is 9.84 Å². The Labute approximate surface area is 112 Å². The molecule has 2 unspecified atom stereocenters. The highest BCUT2D eigenvalue weighted by molar-refractivity contribution is 4.97. The highest BCUT2D eigenvalue weighted by atomic mass is 16.5. The molecule has 2 fully saturated rings. The maximum atomic E-state index is 11.0. The fourth-order valence-electron chi connectivity index (χ4n) is 4.17. The molecule has 1 saturated heterocycles. The van der Waals surface area contributed by atoms with Crippen LogP contribution in [0.4, 0.5) is 0 Å². The Morgan fingerprint density at radius 1 is 1.28 bits per heavy atom. The molecule has 0 radical (unpaired) electrons. The van der Waals surface area contributed by atoms with Crippen LogP contribution in [-0.2, 0) is 4.74 Å². The summed E-state index contributed by atoms with van der Waals surface area (Å²) in [4.78, 5) is 0. The van der Waals surface area contributed by atoms with Crippen LogP contribution in [0.1, 0.15) is 72.1 Å². The van der Waals surface area contributed by atoms with Crippen LogP contribution in [0.3, 0.4) is 0 Å². The van der Waals surface area contributed by atoms with Gasteiger partial charge in [-0.25, -0.2) is 0 Å². The predicted molar refractivity (Wildman–Crippen MR) is 74.6 cm³/mol. The molecule has 1 heterocycles. The molecule has 2 nitrogen and oxygen atoms in total. The van der Waals surface area contributed by atoms with E-state index in [9.17, 15) is 5.11 Å². The molecule has 1 aliphatic carbocycles. The third kappa shape index (κ3) is 2.60. The third-order valence-electron chi connectivity index (χ3n) is 5.53. The van der Waals surface area contributed by atoms with E-state index >= 15 is 0 Å². The van der Waals surface area contributed by atoms with Crippen LogP contribution in [0, 0.1) is 11.8 Å². The molecule has 1 spiro atoms. The van der Waals surface area contributed by atoms with Crippen molar-refractivity contribution in [2.45, 2.75) is 83.3 Å². The lowest BCUT2D eigenvalue weighted by molar-refractivity contribution is -0.168. The zero-order valence-electron chi connectivity index (χ0n) is 12.4. The Morgan fingerprint density at radius 3 is 2.50 bits per heavy atom. The molecular weight excluding hydrogens is 224 g/mol. The van der Waals surface area contributed by atoms with Crippen molar-refractivity contribution in [2.24, 2.45) is 11.8 Å². The fraction of sp³-hybridized carbons (Fsp3) is 1.00. The number of hydrogen-bond acceptors (Lipinski definition) is 2. The molecule has 1 aliphatic heterocycles. The van der Waals surface area contributed by atoms with Gasteiger partial charge in [-0.05, 0) is 43.9 Å². The summed E-state index contributed by atoms with van der Waals surface area (Å²) in [5, 5.41) is 11.0. The third-order valence-corrected chi connectivity index (χ3v) is 5.53. The van der Waals surface area contributed by atoms with Gasteiger partial charge in [-0.2, -0.15) is 0 Å². The number of hydrogen-bond donors (Lipinski definition) is 1. The van der Waals surface area contributed by atoms with Gasteiger partial charge in [-0.1, -0.05) is 40.0 Å². The van der Waals surface area contributed by atoms with E-state index in [1.807, 2.05) is 0 Å². The molecule has 1 N–H and O–H groups in total. The zero-order valence-corrected chi connectivity index (χ0v) is 12.4. The first-order chi connectivity index (χ1) is 8.52. The largest absolute Gasteiger partial charge is 0.389 e. The Bertz CT molecular complexity index is 263. The van der Waals surface area contributed by atoms with Crippen molar-refractivity contribution >= 4 is 0 Å². The fourth-order valence-corrected chi connectivity index (χ4v) is 4.17. The van der Waals surface area contributed by atoms with E-state index in [-0.39, 0.29) is 5.60 Å². The number of rotatable bonds is 3. The first-order valence-corrected chi connectivity index (χ1v) is 7.89. The molecule has 0 aromatic heterocycles. The van der Waals surface area contributed by atoms with Crippen LogP contribution in [0.15, 0.2) is 0 Å². The van der Waals surface area contributed by atoms with Crippen LogP contribution in [0.25, 0.3) is 0 Å². The van der Waals surface area contributed by atoms with Crippen molar-refractivity contribution in [1.29, 1.82) is 0 Å². The summed E-state index contributed by atoms with van der Waals surface area (Å²) in [7, 11) is 0. The van der Waals surface area contributed by atoms with Crippen LogP contribution in [-0.4, -0.2) is 22.9 Å². The van der Waals surface area contributed by atoms with Gasteiger partial charge in [0.05, 0.1) is 11.2 Å². The van der Waals surface area contributed by atoms with E-state index in [2.05, 4.69) is 20.8 Å². The summed E-state index contributed by atoms with van der Waals surface area (Å²) in [5.41, 5.74) is -0.382. The van der Waals surface area contributed by atoms with Crippen molar-refractivity contribution in [3.05, 3.63) is 0 Å². The molecular formula is C16H30O2. The molecule has 2 rings (SSSR count). The highest BCUT2D eigenvalue weighted by Crippen LogP contribution is 2.46. The van der Waals surface area contributed by atoms with Crippen LogP contribution < -0.4 is 0 Å². The van der Waals surface area contributed by atoms with Crippen molar-refractivity contribution in [3.8, 4) is 0 Å². The normalized spacial score (nSPS) is 31.5. The zero-order chi connectivity index (χ0) is 13.2. The quantitative estimate of drug-likeness (QED) is 0.827. The molecule has 1 saturated carbocycles. The Morgan fingerprint density at radius 2 is 1.94 bits per heavy atom. The topological polar surface area (TPSA) is 29.5 Å². The minimum absolute atomic E-state index is 0.110. The second kappa shape index (κ2) is 5.50. The Hall–Kier alpha value is -0.0800. The molecule has 106 valence electrons. The van der Waals surface area contributed by atoms with Crippen LogP contribution in [0.2, 0.25) is 0 Å². The first kappa shape index (κ1) is 14.3. The lowest BCUT2D eigenvalue weighted by Gasteiger charge is -2.49. The highest BCUT2D eigenvalue weighted by Gasteiger charge is 2.46. The van der Waals surface area contributed by atoms with E-state index in [1.54, 1.807) is 0 Å². The average Bonchev–Trinajstić information content (AvgIpc) is 2.38. The molecule has 18 heavy (non-hydrogen) atoms. The Kier molecular flexibility index (Phi) is 4.38. The molecule has 0 aromatic rings. The Balaban J connectivity index is 2.10. The van der Waals surface area contributed by atoms with Gasteiger partial charge >= 0.3 is 0 Å². The summed E-state index contributed by atoms with van der Waals surface area (Å²) in [6.07, 6.45) is 9.36. The van der Waals surface area contributed by atoms with E-state index in [0.29, 0.717) is 11.8 Å². The monoisotopic (exact) mass is 254 g/mol. The summed E-state index contributed by atoms with van der Waals surface area (Å²) in [6, 6.07) is 0. The van der Waals surface area contributed by atoms with Crippen molar-refractivity contribution in [3.63, 3.8) is 0 Å². The lowest BCUT2D eigenvalue weighted by Crippen LogP contribution is -2.51. The SMILES string of the molecule is CCC(O)(C(C)C)C1CCOC2(CCCCC2)C1. The second-order valence-corrected chi connectivity index (χ2v) is 6.78. The van der Waals surface area contributed by atoms with Crippen LogP contribution in [0.5, 0.6) is 0 Å². The van der Waals surface area contributed by atoms with E-state index in [1.165, 1.54) is 32.1 Å². The summed E-state index contributed by atoms with van der Waals surface area (Å²) in [5.74, 6) is 0.764. The van der Waals surface area contributed by atoms with Gasteiger partial charge in [0, 0.05) is 6.61 Å². The second-order valence-electron chi connectivity index (χ2n) is 6.78. The molecule has 2 aliphatic rings. The van der Waals surface area contributed by atoms with Gasteiger partial charge in [0.25, 0.3) is 0 Å². The van der Waals surface area contributed by atoms with Gasteiger partial charge in [0.1, 0.15) is 0 Å². The number of ether oxygens (including phenoxy) is 1. The molecule has 0 bridgehead atoms. The minimum Gasteiger partial charge on any atom is -0.389 e. The molecule has 0 aromatic carbocycles. The van der Waals surface area contributed by atoms with Gasteiger partial charge in [0.2, 0.25) is 0 Å². The standard InChI is InChI=1S/C16H30O2/c1-4-16(17,13(2)3)14-8-11-18-15(12-14)9-6-5-7-10-15/h13-14,17H,4-12H2,1-3H3. The van der Waals surface area contributed by atoms with Gasteiger partial charge in [-0.15, -0.1) is 0 Å². The minimum atomic E-state index is -0.492. The summed E-state index contributed by atoms with van der Waals surface area (Å²) >= 11 is 0. The molecule has 2 heteroatoms. The van der Waals surface area contributed by atoms with Gasteiger partial charge < -0.3 is 9.84 Å². The predicted octanol–water partition coefficient (Wildman–Crippen LogP) is 3.91. The van der Waals surface area contributed by atoms with E-state index in [4.69, 9.17) is 4.74 Å².